The third-order valence-electron chi connectivity index (χ3n) is 8.00. The molecule has 198 valence electrons. The molecule has 0 saturated heterocycles. The van der Waals surface area contributed by atoms with Crippen LogP contribution in [0.25, 0.3) is 0 Å². The summed E-state index contributed by atoms with van der Waals surface area (Å²) in [7, 11) is 0. The van der Waals surface area contributed by atoms with Gasteiger partial charge in [0.25, 0.3) is 0 Å². The van der Waals surface area contributed by atoms with Gasteiger partial charge in [0.15, 0.2) is 11.6 Å². The average Bonchev–Trinajstić information content (AvgIpc) is 2.81. The van der Waals surface area contributed by atoms with Crippen LogP contribution in [0.5, 0.6) is 5.75 Å². The van der Waals surface area contributed by atoms with Crippen LogP contribution in [0, 0.1) is 23.4 Å². The second kappa shape index (κ2) is 11.5. The van der Waals surface area contributed by atoms with Crippen LogP contribution >= 0.6 is 0 Å². The highest BCUT2D eigenvalue weighted by molar-refractivity contribution is 5.41. The molecule has 1 saturated carbocycles. The van der Waals surface area contributed by atoms with Gasteiger partial charge in [-0.05, 0) is 104 Å². The molecule has 0 radical (unpaired) electrons. The molecule has 1 atom stereocenters. The summed E-state index contributed by atoms with van der Waals surface area (Å²) in [5.74, 6) is -2.82. The van der Waals surface area contributed by atoms with E-state index in [4.69, 9.17) is 0 Å². The van der Waals surface area contributed by atoms with E-state index < -0.39 is 35.5 Å². The van der Waals surface area contributed by atoms with E-state index >= 15 is 8.78 Å². The molecule has 2 aromatic rings. The summed E-state index contributed by atoms with van der Waals surface area (Å²) in [5, 5.41) is 0. The second-order valence-corrected chi connectivity index (χ2v) is 10.5. The maximum absolute atomic E-state index is 15.2. The van der Waals surface area contributed by atoms with Crippen molar-refractivity contribution in [2.75, 3.05) is 0 Å². The van der Waals surface area contributed by atoms with Gasteiger partial charge in [-0.2, -0.15) is 0 Å². The van der Waals surface area contributed by atoms with E-state index in [0.29, 0.717) is 29.0 Å². The molecule has 0 amide bonds. The Balaban J connectivity index is 1.42. The van der Waals surface area contributed by atoms with Crippen LogP contribution < -0.4 is 4.74 Å². The van der Waals surface area contributed by atoms with Gasteiger partial charge in [-0.3, -0.25) is 0 Å². The largest absolute Gasteiger partial charge is 0.573 e. The number of hydrogen-bond acceptors (Lipinski definition) is 1. The lowest BCUT2D eigenvalue weighted by molar-refractivity contribution is -0.275. The second-order valence-electron chi connectivity index (χ2n) is 10.5. The highest BCUT2D eigenvalue weighted by Gasteiger charge is 2.34. The Morgan fingerprint density at radius 1 is 0.778 bits per heavy atom. The molecule has 0 N–H and O–H groups in total. The van der Waals surface area contributed by atoms with Gasteiger partial charge in [0.1, 0.15) is 11.6 Å². The summed E-state index contributed by atoms with van der Waals surface area (Å²) in [4.78, 5) is 0. The molecule has 0 spiro atoms. The topological polar surface area (TPSA) is 9.23 Å². The van der Waals surface area contributed by atoms with Crippen molar-refractivity contribution >= 4 is 0 Å². The molecule has 4 rings (SSSR count). The maximum Gasteiger partial charge on any atom is 0.573 e. The lowest BCUT2D eigenvalue weighted by atomic mass is 9.75. The molecular formula is C29H34F6O. The number of ether oxygens (including phenoxy) is 1. The third kappa shape index (κ3) is 6.57. The molecule has 0 aliphatic heterocycles. The first-order chi connectivity index (χ1) is 17.1. The van der Waals surface area contributed by atoms with Crippen molar-refractivity contribution in [3.8, 4) is 5.75 Å². The van der Waals surface area contributed by atoms with Crippen LogP contribution in [0.1, 0.15) is 105 Å². The van der Waals surface area contributed by atoms with E-state index in [1.807, 2.05) is 0 Å². The van der Waals surface area contributed by atoms with Crippen molar-refractivity contribution in [3.63, 3.8) is 0 Å². The molecule has 0 aromatic heterocycles. The number of aryl methyl sites for hydroxylation is 1. The molecule has 0 heterocycles. The number of hydrogen-bond donors (Lipinski definition) is 0. The quantitative estimate of drug-likeness (QED) is 0.253. The van der Waals surface area contributed by atoms with Crippen molar-refractivity contribution in [1.29, 1.82) is 0 Å². The van der Waals surface area contributed by atoms with Crippen LogP contribution in [0.3, 0.4) is 0 Å². The summed E-state index contributed by atoms with van der Waals surface area (Å²) in [6.07, 6.45) is 6.14. The van der Waals surface area contributed by atoms with Gasteiger partial charge in [0, 0.05) is 5.56 Å². The Morgan fingerprint density at radius 3 is 2.11 bits per heavy atom. The Bertz CT molecular complexity index is 1020. The number of benzene rings is 2. The first kappa shape index (κ1) is 26.9. The summed E-state index contributed by atoms with van der Waals surface area (Å²) >= 11 is 0. The van der Waals surface area contributed by atoms with Crippen LogP contribution in [0.15, 0.2) is 24.3 Å². The standard InChI is InChI=1S/C29H34F6O/c1-2-3-4-5-6-18-7-9-19(10-8-18)23-15-25(31)28(26(32)16-23)21-12-11-20-17-27(36-29(33,34)35)24(30)14-22(20)13-21/h14-19,21H,2-13H2,1H3. The summed E-state index contributed by atoms with van der Waals surface area (Å²) in [6, 6.07) is 4.96. The minimum absolute atomic E-state index is 0.00923. The van der Waals surface area contributed by atoms with Crippen LogP contribution in [-0.4, -0.2) is 6.36 Å². The molecule has 0 bridgehead atoms. The van der Waals surface area contributed by atoms with Crippen LogP contribution in [0.2, 0.25) is 0 Å². The van der Waals surface area contributed by atoms with Crippen molar-refractivity contribution in [1.82, 2.24) is 0 Å². The molecule has 2 aliphatic carbocycles. The summed E-state index contributed by atoms with van der Waals surface area (Å²) < 4.78 is 85.9. The van der Waals surface area contributed by atoms with E-state index in [2.05, 4.69) is 11.7 Å². The molecule has 2 aromatic carbocycles. The van der Waals surface area contributed by atoms with E-state index in [1.165, 1.54) is 44.2 Å². The SMILES string of the molecule is CCCCCCC1CCC(c2cc(F)c(C3CCc4cc(OC(F)(F)F)c(F)cc4C3)c(F)c2)CC1. The minimum atomic E-state index is -4.99. The van der Waals surface area contributed by atoms with Crippen LogP contribution in [0.4, 0.5) is 26.3 Å². The van der Waals surface area contributed by atoms with E-state index in [9.17, 15) is 17.6 Å². The van der Waals surface area contributed by atoms with Crippen LogP contribution in [-0.2, 0) is 12.8 Å². The predicted molar refractivity (Wildman–Crippen MR) is 128 cm³/mol. The predicted octanol–water partition coefficient (Wildman–Crippen LogP) is 9.52. The Morgan fingerprint density at radius 2 is 1.47 bits per heavy atom. The number of fused-ring (bicyclic) bond motifs is 1. The van der Waals surface area contributed by atoms with E-state index in [0.717, 1.165) is 37.8 Å². The number of unbranched alkanes of at least 4 members (excludes halogenated alkanes) is 3. The molecule has 2 aliphatic rings. The Labute approximate surface area is 209 Å². The zero-order valence-corrected chi connectivity index (χ0v) is 20.7. The zero-order chi connectivity index (χ0) is 25.9. The molecule has 1 unspecified atom stereocenters. The van der Waals surface area contributed by atoms with Crippen molar-refractivity contribution < 1.29 is 31.1 Å². The van der Waals surface area contributed by atoms with Crippen molar-refractivity contribution in [2.45, 2.75) is 102 Å². The Kier molecular flexibility index (Phi) is 8.56. The number of alkyl halides is 3. The van der Waals surface area contributed by atoms with Gasteiger partial charge in [-0.15, -0.1) is 13.2 Å². The number of halogens is 6. The normalized spacial score (nSPS) is 22.4. The van der Waals surface area contributed by atoms with Gasteiger partial charge in [-0.25, -0.2) is 13.2 Å². The fourth-order valence-electron chi connectivity index (χ4n) is 6.08. The molecular weight excluding hydrogens is 478 g/mol. The van der Waals surface area contributed by atoms with E-state index in [-0.39, 0.29) is 24.3 Å². The summed E-state index contributed by atoms with van der Waals surface area (Å²) in [5.41, 5.74) is 1.66. The third-order valence-corrected chi connectivity index (χ3v) is 8.00. The fraction of sp³-hybridized carbons (Fsp3) is 0.586. The number of rotatable bonds is 8. The van der Waals surface area contributed by atoms with Gasteiger partial charge >= 0.3 is 6.36 Å². The van der Waals surface area contributed by atoms with Gasteiger partial charge in [0.05, 0.1) is 0 Å². The zero-order valence-electron chi connectivity index (χ0n) is 20.7. The first-order valence-electron chi connectivity index (χ1n) is 13.2. The van der Waals surface area contributed by atoms with Gasteiger partial charge in [-0.1, -0.05) is 39.0 Å². The van der Waals surface area contributed by atoms with Crippen molar-refractivity contribution in [3.05, 3.63) is 64.0 Å². The highest BCUT2D eigenvalue weighted by Crippen LogP contribution is 2.42. The Hall–Kier alpha value is -2.18. The summed E-state index contributed by atoms with van der Waals surface area (Å²) in [6.45, 7) is 2.20. The lowest BCUT2D eigenvalue weighted by Gasteiger charge is -2.30. The van der Waals surface area contributed by atoms with Gasteiger partial charge in [0.2, 0.25) is 0 Å². The minimum Gasteiger partial charge on any atom is -0.403 e. The van der Waals surface area contributed by atoms with E-state index in [1.54, 1.807) is 0 Å². The molecule has 7 heteroatoms. The molecule has 1 nitrogen and oxygen atoms in total. The maximum atomic E-state index is 15.2. The monoisotopic (exact) mass is 512 g/mol. The fourth-order valence-corrected chi connectivity index (χ4v) is 6.08. The first-order valence-corrected chi connectivity index (χ1v) is 13.2. The molecule has 1 fully saturated rings. The molecule has 36 heavy (non-hydrogen) atoms. The van der Waals surface area contributed by atoms with Gasteiger partial charge < -0.3 is 4.74 Å². The smallest absolute Gasteiger partial charge is 0.403 e. The lowest BCUT2D eigenvalue weighted by Crippen LogP contribution is -2.20. The average molecular weight is 513 g/mol. The van der Waals surface area contributed by atoms with Crippen molar-refractivity contribution in [2.24, 2.45) is 5.92 Å². The highest BCUT2D eigenvalue weighted by atomic mass is 19.4.